The fourth-order valence-corrected chi connectivity index (χ4v) is 9.24. The van der Waals surface area contributed by atoms with E-state index in [4.69, 9.17) is 0 Å². The van der Waals surface area contributed by atoms with Gasteiger partial charge in [-0.15, -0.1) is 0 Å². The number of benzene rings is 5. The van der Waals surface area contributed by atoms with Gasteiger partial charge in [0.25, 0.3) is 0 Å². The first-order valence-electron chi connectivity index (χ1n) is 16.2. The minimum absolute atomic E-state index is 0.0514. The number of nitrogens with one attached hydrogen (secondary N) is 1. The van der Waals surface area contributed by atoms with Crippen LogP contribution in [-0.4, -0.2) is 12.1 Å². The van der Waals surface area contributed by atoms with E-state index in [9.17, 15) is 0 Å². The molecule has 0 aromatic heterocycles. The van der Waals surface area contributed by atoms with Gasteiger partial charge in [0.05, 0.1) is 11.2 Å². The van der Waals surface area contributed by atoms with Gasteiger partial charge in [-0.1, -0.05) is 121 Å². The van der Waals surface area contributed by atoms with Crippen LogP contribution in [0.5, 0.6) is 0 Å². The molecule has 44 heavy (non-hydrogen) atoms. The van der Waals surface area contributed by atoms with Gasteiger partial charge in [-0.2, -0.15) is 0 Å². The summed E-state index contributed by atoms with van der Waals surface area (Å²) in [6.07, 6.45) is 15.3. The highest BCUT2D eigenvalue weighted by molar-refractivity contribution is 6.10. The van der Waals surface area contributed by atoms with Crippen molar-refractivity contribution in [1.29, 1.82) is 0 Å². The smallest absolute Gasteiger partial charge is 0.0675 e. The van der Waals surface area contributed by atoms with Crippen LogP contribution in [0.15, 0.2) is 133 Å². The highest BCUT2D eigenvalue weighted by atomic mass is 15.3. The lowest BCUT2D eigenvalue weighted by Gasteiger charge is -2.41. The van der Waals surface area contributed by atoms with Gasteiger partial charge in [0, 0.05) is 39.8 Å². The SMILES string of the molecule is C1=CCc2c(c(N(c3ccccc3)C34C=C5c6ccccc6NCC56CC6C3C4)c3ccccc3c2-c2ccccc2)C=C1. The van der Waals surface area contributed by atoms with E-state index >= 15 is 0 Å². The molecule has 4 aliphatic carbocycles. The Labute approximate surface area is 259 Å². The normalized spacial score (nSPS) is 26.6. The van der Waals surface area contributed by atoms with Gasteiger partial charge < -0.3 is 10.2 Å². The third-order valence-corrected chi connectivity index (χ3v) is 11.3. The average molecular weight is 567 g/mol. The first kappa shape index (κ1) is 24.6. The van der Waals surface area contributed by atoms with Crippen LogP contribution in [0.3, 0.4) is 0 Å². The fourth-order valence-electron chi connectivity index (χ4n) is 9.24. The molecular formula is C42H34N2. The van der Waals surface area contributed by atoms with E-state index in [1.54, 1.807) is 5.57 Å². The Morgan fingerprint density at radius 1 is 0.705 bits per heavy atom. The number of para-hydroxylation sites is 2. The van der Waals surface area contributed by atoms with Crippen LogP contribution in [0.4, 0.5) is 17.1 Å². The molecule has 1 spiro atoms. The fraction of sp³-hybridized carbons (Fsp3) is 0.190. The number of allylic oxidation sites excluding steroid dienone is 3. The van der Waals surface area contributed by atoms with Crippen molar-refractivity contribution in [2.24, 2.45) is 17.3 Å². The summed E-state index contributed by atoms with van der Waals surface area (Å²) in [6.45, 7) is 1.07. The molecule has 1 aliphatic heterocycles. The van der Waals surface area contributed by atoms with Gasteiger partial charge in [-0.25, -0.2) is 0 Å². The largest absolute Gasteiger partial charge is 0.384 e. The predicted molar refractivity (Wildman–Crippen MR) is 184 cm³/mol. The maximum absolute atomic E-state index is 3.81. The lowest BCUT2D eigenvalue weighted by Crippen LogP contribution is -2.39. The predicted octanol–water partition coefficient (Wildman–Crippen LogP) is 10.1. The maximum atomic E-state index is 3.81. The summed E-state index contributed by atoms with van der Waals surface area (Å²) in [5.41, 5.74) is 12.6. The van der Waals surface area contributed by atoms with Crippen molar-refractivity contribution >= 4 is 39.5 Å². The van der Waals surface area contributed by atoms with Gasteiger partial charge in [0.2, 0.25) is 0 Å². The molecular weight excluding hydrogens is 532 g/mol. The van der Waals surface area contributed by atoms with E-state index in [2.05, 4.69) is 150 Å². The number of hydrogen-bond acceptors (Lipinski definition) is 2. The third-order valence-electron chi connectivity index (χ3n) is 11.3. The van der Waals surface area contributed by atoms with Crippen molar-refractivity contribution in [1.82, 2.24) is 0 Å². The Balaban J connectivity index is 1.29. The second-order valence-electron chi connectivity index (χ2n) is 13.4. The lowest BCUT2D eigenvalue weighted by atomic mass is 9.77. The van der Waals surface area contributed by atoms with E-state index in [1.165, 1.54) is 68.5 Å². The molecule has 0 saturated heterocycles. The number of anilines is 3. The summed E-state index contributed by atoms with van der Waals surface area (Å²) in [4.78, 5) is 2.78. The Bertz CT molecular complexity index is 2070. The molecule has 2 fully saturated rings. The van der Waals surface area contributed by atoms with Crippen molar-refractivity contribution in [3.8, 4) is 11.1 Å². The molecule has 2 heteroatoms. The van der Waals surface area contributed by atoms with Crippen molar-refractivity contribution in [3.63, 3.8) is 0 Å². The summed E-state index contributed by atoms with van der Waals surface area (Å²) in [5.74, 6) is 1.37. The molecule has 0 bridgehead atoms. The second-order valence-corrected chi connectivity index (χ2v) is 13.4. The second kappa shape index (κ2) is 8.86. The van der Waals surface area contributed by atoms with Gasteiger partial charge in [-0.05, 0) is 76.9 Å². The Hall–Kier alpha value is -4.82. The van der Waals surface area contributed by atoms with Crippen LogP contribution >= 0.6 is 0 Å². The van der Waals surface area contributed by atoms with Gasteiger partial charge >= 0.3 is 0 Å². The molecule has 2 saturated carbocycles. The highest BCUT2D eigenvalue weighted by Crippen LogP contribution is 2.78. The summed E-state index contributed by atoms with van der Waals surface area (Å²) >= 11 is 0. The minimum Gasteiger partial charge on any atom is -0.384 e. The topological polar surface area (TPSA) is 15.3 Å². The minimum atomic E-state index is -0.0514. The molecule has 1 N–H and O–H groups in total. The number of hydrogen-bond donors (Lipinski definition) is 1. The number of fused-ring (bicyclic) bond motifs is 6. The first-order chi connectivity index (χ1) is 21.8. The monoisotopic (exact) mass is 566 g/mol. The molecule has 2 nitrogen and oxygen atoms in total. The zero-order valence-electron chi connectivity index (χ0n) is 24.7. The first-order valence-corrected chi connectivity index (χ1v) is 16.2. The quantitative estimate of drug-likeness (QED) is 0.233. The molecule has 212 valence electrons. The number of nitrogens with zero attached hydrogens (tertiary/aromatic N) is 1. The third kappa shape index (κ3) is 3.26. The zero-order valence-corrected chi connectivity index (χ0v) is 24.7. The summed E-state index contributed by atoms with van der Waals surface area (Å²) < 4.78 is 0. The summed E-state index contributed by atoms with van der Waals surface area (Å²) in [5, 5.41) is 6.48. The van der Waals surface area contributed by atoms with Crippen LogP contribution in [0, 0.1) is 17.3 Å². The highest BCUT2D eigenvalue weighted by Gasteiger charge is 2.75. The van der Waals surface area contributed by atoms with E-state index in [0.717, 1.165) is 18.9 Å². The van der Waals surface area contributed by atoms with Crippen LogP contribution in [0.1, 0.15) is 29.5 Å². The van der Waals surface area contributed by atoms with Gasteiger partial charge in [-0.3, -0.25) is 0 Å². The molecule has 1 heterocycles. The standard InChI is InChI=1S/C42H34N2/c1-4-14-28(15-5-1)39-30-18-8-3-9-20-32(30)40(33-21-11-10-19-31(33)39)44(29-16-6-2-7-17-29)42-25-35-34-22-12-13-23-38(34)43-27-41(35)24-36(41)37(42)26-42/h1-17,19-23,25,36-37,43H,18,24,26-27H2. The zero-order chi connectivity index (χ0) is 28.9. The average Bonchev–Trinajstić information content (AvgIpc) is 3.99. The van der Waals surface area contributed by atoms with Crippen molar-refractivity contribution in [3.05, 3.63) is 150 Å². The Morgan fingerprint density at radius 2 is 1.45 bits per heavy atom. The van der Waals surface area contributed by atoms with Crippen molar-refractivity contribution < 1.29 is 0 Å². The lowest BCUT2D eigenvalue weighted by molar-refractivity contribution is 0.499. The molecule has 10 rings (SSSR count). The van der Waals surface area contributed by atoms with Crippen molar-refractivity contribution in [2.75, 3.05) is 16.8 Å². The molecule has 0 amide bonds. The van der Waals surface area contributed by atoms with Gasteiger partial charge in [0.1, 0.15) is 0 Å². The van der Waals surface area contributed by atoms with Crippen LogP contribution in [0.2, 0.25) is 0 Å². The van der Waals surface area contributed by atoms with E-state index in [0.29, 0.717) is 11.3 Å². The van der Waals surface area contributed by atoms with Crippen LogP contribution in [-0.2, 0) is 6.42 Å². The van der Waals surface area contributed by atoms with E-state index in [1.807, 2.05) is 0 Å². The molecule has 4 unspecified atom stereocenters. The summed E-state index contributed by atoms with van der Waals surface area (Å²) in [7, 11) is 0. The molecule has 5 aliphatic rings. The van der Waals surface area contributed by atoms with Crippen LogP contribution < -0.4 is 10.2 Å². The van der Waals surface area contributed by atoms with Crippen molar-refractivity contribution in [2.45, 2.75) is 24.8 Å². The van der Waals surface area contributed by atoms with E-state index < -0.39 is 0 Å². The number of rotatable bonds is 4. The summed E-state index contributed by atoms with van der Waals surface area (Å²) in [6, 6.07) is 40.4. The molecule has 4 atom stereocenters. The molecule has 0 radical (unpaired) electrons. The Kier molecular flexibility index (Phi) is 4.95. The Morgan fingerprint density at radius 3 is 2.32 bits per heavy atom. The van der Waals surface area contributed by atoms with E-state index in [-0.39, 0.29) is 5.54 Å². The molecule has 5 aromatic carbocycles. The molecule has 5 aromatic rings. The van der Waals surface area contributed by atoms with Gasteiger partial charge in [0.15, 0.2) is 0 Å². The van der Waals surface area contributed by atoms with Crippen LogP contribution in [0.25, 0.3) is 33.5 Å². The maximum Gasteiger partial charge on any atom is 0.0675 e.